The van der Waals surface area contributed by atoms with Crippen LogP contribution in [0.2, 0.25) is 0 Å². The average molecular weight is 430 g/mol. The van der Waals surface area contributed by atoms with Gasteiger partial charge in [0.1, 0.15) is 5.82 Å². The number of nitrogens with zero attached hydrogens (tertiary/aromatic N) is 3. The highest BCUT2D eigenvalue weighted by Gasteiger charge is 2.39. The van der Waals surface area contributed by atoms with E-state index in [2.05, 4.69) is 35.0 Å². The number of piperidine rings is 2. The highest BCUT2D eigenvalue weighted by Crippen LogP contribution is 2.40. The molecule has 3 heterocycles. The van der Waals surface area contributed by atoms with E-state index < -0.39 is 0 Å². The third-order valence-corrected chi connectivity index (χ3v) is 6.81. The van der Waals surface area contributed by atoms with Crippen molar-refractivity contribution in [2.24, 2.45) is 0 Å². The van der Waals surface area contributed by atoms with Gasteiger partial charge in [-0.3, -0.25) is 4.79 Å². The molecule has 32 heavy (non-hydrogen) atoms. The number of imidazole rings is 1. The van der Waals surface area contributed by atoms with Crippen molar-refractivity contribution in [2.45, 2.75) is 58.0 Å². The van der Waals surface area contributed by atoms with Crippen molar-refractivity contribution in [1.29, 1.82) is 0 Å². The van der Waals surface area contributed by atoms with Gasteiger partial charge in [-0.05, 0) is 93.0 Å². The molecule has 0 bridgehead atoms. The molecule has 2 atom stereocenters. The Bertz CT molecular complexity index is 1180. The van der Waals surface area contributed by atoms with Crippen LogP contribution in [0.1, 0.15) is 60.5 Å². The number of hydrogen-bond acceptors (Lipinski definition) is 2. The van der Waals surface area contributed by atoms with Gasteiger partial charge in [0.25, 0.3) is 5.91 Å². The maximum atomic E-state index is 13.6. The minimum atomic E-state index is -0.240. The molecule has 3 aromatic rings. The van der Waals surface area contributed by atoms with Crippen molar-refractivity contribution in [1.82, 2.24) is 14.5 Å². The number of carbonyl (C=O) groups excluding carboxylic acids is 1. The fraction of sp³-hybridized carbons (Fsp3) is 0.333. The molecule has 2 fully saturated rings. The fourth-order valence-electron chi connectivity index (χ4n) is 5.22. The van der Waals surface area contributed by atoms with Crippen LogP contribution in [0.5, 0.6) is 0 Å². The first-order valence-electron chi connectivity index (χ1n) is 11.4. The van der Waals surface area contributed by atoms with Crippen LogP contribution in [0.3, 0.4) is 0 Å². The summed E-state index contributed by atoms with van der Waals surface area (Å²) in [4.78, 5) is 19.9. The second-order valence-corrected chi connectivity index (χ2v) is 9.04. The van der Waals surface area contributed by atoms with Crippen molar-refractivity contribution in [3.63, 3.8) is 0 Å². The molecule has 1 amide bonds. The molecule has 2 aromatic carbocycles. The fourth-order valence-corrected chi connectivity index (χ4v) is 5.22. The molecule has 1 aromatic heterocycles. The molecule has 0 N–H and O–H groups in total. The number of halogens is 1. The zero-order valence-corrected chi connectivity index (χ0v) is 18.6. The van der Waals surface area contributed by atoms with E-state index >= 15 is 0 Å². The van der Waals surface area contributed by atoms with E-state index in [0.717, 1.165) is 65.7 Å². The number of hydrogen-bond donors (Lipinski definition) is 0. The predicted octanol–water partition coefficient (Wildman–Crippen LogP) is 5.93. The Morgan fingerprint density at radius 1 is 1.06 bits per heavy atom. The van der Waals surface area contributed by atoms with Crippen LogP contribution in [-0.4, -0.2) is 26.4 Å². The third kappa shape index (κ3) is 3.88. The highest BCUT2D eigenvalue weighted by atomic mass is 19.1. The Morgan fingerprint density at radius 3 is 2.59 bits per heavy atom. The van der Waals surface area contributed by atoms with E-state index in [0.29, 0.717) is 0 Å². The number of carbonyl (C=O) groups is 1. The normalized spacial score (nSPS) is 22.3. The molecule has 164 valence electrons. The van der Waals surface area contributed by atoms with Crippen molar-refractivity contribution >= 4 is 12.0 Å². The standard InChI is InChI=1S/C27H28FN3O/c1-18-14-20(6-13-25(18)30-16-19(2)29-17-30)15-22-9-12-24-4-3-5-26(31(24)27(22)32)21-7-10-23(28)11-8-21/h6-8,10-11,13-17,24,26H,3-5,9,12H2,1-2H3/b22-15+/t24-,26+/m0/s1. The number of fused-ring (bicyclic) bond motifs is 1. The average Bonchev–Trinajstić information content (AvgIpc) is 3.22. The summed E-state index contributed by atoms with van der Waals surface area (Å²) >= 11 is 0. The molecule has 5 rings (SSSR count). The second kappa shape index (κ2) is 8.38. The van der Waals surface area contributed by atoms with Crippen molar-refractivity contribution < 1.29 is 9.18 Å². The molecule has 5 heteroatoms. The smallest absolute Gasteiger partial charge is 0.250 e. The lowest BCUT2D eigenvalue weighted by Gasteiger charge is -2.46. The van der Waals surface area contributed by atoms with Crippen LogP contribution < -0.4 is 0 Å². The van der Waals surface area contributed by atoms with Gasteiger partial charge < -0.3 is 9.47 Å². The summed E-state index contributed by atoms with van der Waals surface area (Å²) in [5.41, 5.74) is 6.15. The van der Waals surface area contributed by atoms with Gasteiger partial charge >= 0.3 is 0 Å². The van der Waals surface area contributed by atoms with Gasteiger partial charge in [-0.1, -0.05) is 18.2 Å². The Hall–Kier alpha value is -3.21. The lowest BCUT2D eigenvalue weighted by Crippen LogP contribution is -2.49. The van der Waals surface area contributed by atoms with E-state index in [1.54, 1.807) is 0 Å². The SMILES string of the molecule is Cc1cn(-c2ccc(/C=C3\CC[C@@H]4CCC[C@H](c5ccc(F)cc5)N4C3=O)cc2C)cn1. The Balaban J connectivity index is 1.42. The van der Waals surface area contributed by atoms with Crippen LogP contribution in [0.25, 0.3) is 11.8 Å². The number of benzene rings is 2. The lowest BCUT2D eigenvalue weighted by atomic mass is 9.84. The van der Waals surface area contributed by atoms with Gasteiger partial charge in [-0.25, -0.2) is 9.37 Å². The molecule has 2 saturated heterocycles. The molecular formula is C27H28FN3O. The molecule has 0 spiro atoms. The van der Waals surface area contributed by atoms with Gasteiger partial charge in [0.2, 0.25) is 0 Å². The zero-order chi connectivity index (χ0) is 22.2. The number of aryl methyl sites for hydroxylation is 2. The molecule has 4 nitrogen and oxygen atoms in total. The lowest BCUT2D eigenvalue weighted by molar-refractivity contribution is -0.136. The Kier molecular flexibility index (Phi) is 5.41. The number of amides is 1. The monoisotopic (exact) mass is 429 g/mol. The van der Waals surface area contributed by atoms with Gasteiger partial charge in [-0.15, -0.1) is 0 Å². The van der Waals surface area contributed by atoms with E-state index in [1.807, 2.05) is 42.2 Å². The second-order valence-electron chi connectivity index (χ2n) is 9.04. The van der Waals surface area contributed by atoms with Crippen molar-refractivity contribution in [2.75, 3.05) is 0 Å². The van der Waals surface area contributed by atoms with Crippen LogP contribution in [0, 0.1) is 19.7 Å². The molecule has 2 aliphatic rings. The van der Waals surface area contributed by atoms with Crippen molar-refractivity contribution in [3.8, 4) is 5.69 Å². The van der Waals surface area contributed by atoms with E-state index in [1.165, 1.54) is 12.1 Å². The summed E-state index contributed by atoms with van der Waals surface area (Å²) in [5.74, 6) is -0.112. The van der Waals surface area contributed by atoms with Crippen LogP contribution in [0.4, 0.5) is 4.39 Å². The zero-order valence-electron chi connectivity index (χ0n) is 18.6. The molecule has 0 saturated carbocycles. The first-order valence-corrected chi connectivity index (χ1v) is 11.4. The summed E-state index contributed by atoms with van der Waals surface area (Å²) in [6, 6.07) is 13.2. The molecule has 2 aliphatic heterocycles. The number of rotatable bonds is 3. The van der Waals surface area contributed by atoms with Gasteiger partial charge in [0, 0.05) is 23.5 Å². The van der Waals surface area contributed by atoms with Crippen LogP contribution in [0.15, 0.2) is 60.6 Å². The Morgan fingerprint density at radius 2 is 1.88 bits per heavy atom. The summed E-state index contributed by atoms with van der Waals surface area (Å²) in [5, 5.41) is 0. The summed E-state index contributed by atoms with van der Waals surface area (Å²) in [6.45, 7) is 4.06. The first-order chi connectivity index (χ1) is 15.5. The maximum absolute atomic E-state index is 13.6. The van der Waals surface area contributed by atoms with E-state index in [-0.39, 0.29) is 23.8 Å². The van der Waals surface area contributed by atoms with Crippen LogP contribution in [-0.2, 0) is 4.79 Å². The molecule has 0 aliphatic carbocycles. The predicted molar refractivity (Wildman–Crippen MR) is 124 cm³/mol. The minimum Gasteiger partial charge on any atom is -0.329 e. The highest BCUT2D eigenvalue weighted by molar-refractivity contribution is 5.99. The van der Waals surface area contributed by atoms with E-state index in [4.69, 9.17) is 0 Å². The maximum Gasteiger partial charge on any atom is 0.250 e. The first kappa shape index (κ1) is 20.7. The Labute approximate surface area is 188 Å². The van der Waals surface area contributed by atoms with Gasteiger partial charge in [0.15, 0.2) is 0 Å². The summed E-state index contributed by atoms with van der Waals surface area (Å²) < 4.78 is 15.5. The molecule has 0 radical (unpaired) electrons. The van der Waals surface area contributed by atoms with Crippen molar-refractivity contribution in [3.05, 3.63) is 88.8 Å². The quantitative estimate of drug-likeness (QED) is 0.484. The van der Waals surface area contributed by atoms with Gasteiger partial charge in [0.05, 0.1) is 18.1 Å². The third-order valence-electron chi connectivity index (χ3n) is 6.81. The number of aromatic nitrogens is 2. The summed E-state index contributed by atoms with van der Waals surface area (Å²) in [6.07, 6.45) is 10.8. The summed E-state index contributed by atoms with van der Waals surface area (Å²) in [7, 11) is 0. The minimum absolute atomic E-state index is 0.0270. The molecule has 0 unspecified atom stereocenters. The molecular weight excluding hydrogens is 401 g/mol. The van der Waals surface area contributed by atoms with Crippen LogP contribution >= 0.6 is 0 Å². The largest absolute Gasteiger partial charge is 0.329 e. The topological polar surface area (TPSA) is 38.1 Å². The van der Waals surface area contributed by atoms with Gasteiger partial charge in [-0.2, -0.15) is 0 Å². The van der Waals surface area contributed by atoms with E-state index in [9.17, 15) is 9.18 Å².